The summed E-state index contributed by atoms with van der Waals surface area (Å²) >= 11 is 0. The number of ketones is 1. The van der Waals surface area contributed by atoms with Crippen LogP contribution in [0.2, 0.25) is 0 Å². The predicted molar refractivity (Wildman–Crippen MR) is 61.1 cm³/mol. The quantitative estimate of drug-likeness (QED) is 0.768. The van der Waals surface area contributed by atoms with Crippen LogP contribution >= 0.6 is 0 Å². The van der Waals surface area contributed by atoms with E-state index in [-0.39, 0.29) is 23.3 Å². The summed E-state index contributed by atoms with van der Waals surface area (Å²) in [6, 6.07) is 4.81. The second-order valence-electron chi connectivity index (χ2n) is 3.89. The summed E-state index contributed by atoms with van der Waals surface area (Å²) in [5.74, 6) is 0.00314. The second kappa shape index (κ2) is 5.64. The highest BCUT2D eigenvalue weighted by molar-refractivity contribution is 5.80. The molecule has 0 N–H and O–H groups in total. The first kappa shape index (κ1) is 12.7. The largest absolute Gasteiger partial charge is 0.494 e. The van der Waals surface area contributed by atoms with Crippen molar-refractivity contribution >= 4 is 5.78 Å². The van der Waals surface area contributed by atoms with Crippen LogP contribution in [0.4, 0.5) is 4.39 Å². The van der Waals surface area contributed by atoms with Gasteiger partial charge in [-0.25, -0.2) is 4.39 Å². The molecule has 1 rings (SSSR count). The van der Waals surface area contributed by atoms with Crippen LogP contribution < -0.4 is 4.74 Å². The van der Waals surface area contributed by atoms with Gasteiger partial charge in [0.25, 0.3) is 0 Å². The number of hydrogen-bond acceptors (Lipinski definition) is 2. The summed E-state index contributed by atoms with van der Waals surface area (Å²) in [6.45, 7) is 3.71. The Kier molecular flexibility index (Phi) is 4.47. The minimum Gasteiger partial charge on any atom is -0.494 e. The Morgan fingerprint density at radius 1 is 1.50 bits per heavy atom. The summed E-state index contributed by atoms with van der Waals surface area (Å²) in [5, 5.41) is 0. The third kappa shape index (κ3) is 3.05. The first-order chi connectivity index (χ1) is 7.58. The van der Waals surface area contributed by atoms with Crippen molar-refractivity contribution in [2.24, 2.45) is 5.92 Å². The van der Waals surface area contributed by atoms with Crippen LogP contribution in [0.5, 0.6) is 5.75 Å². The molecule has 0 aliphatic rings. The molecule has 0 aliphatic heterocycles. The van der Waals surface area contributed by atoms with E-state index in [4.69, 9.17) is 4.74 Å². The van der Waals surface area contributed by atoms with Gasteiger partial charge in [0.05, 0.1) is 7.11 Å². The van der Waals surface area contributed by atoms with E-state index in [0.717, 1.165) is 5.56 Å². The summed E-state index contributed by atoms with van der Waals surface area (Å²) in [6.07, 6.45) is 1.10. The standard InChI is InChI=1S/C13H17FO2/c1-4-12(15)9(2)7-10-5-6-13(16-3)11(14)8-10/h5-6,8-9H,4,7H2,1-3H3. The van der Waals surface area contributed by atoms with Gasteiger partial charge >= 0.3 is 0 Å². The first-order valence-corrected chi connectivity index (χ1v) is 5.43. The average Bonchev–Trinajstić information content (AvgIpc) is 2.28. The normalized spacial score (nSPS) is 12.2. The predicted octanol–water partition coefficient (Wildman–Crippen LogP) is 2.99. The molecule has 0 aromatic heterocycles. The smallest absolute Gasteiger partial charge is 0.165 e. The van der Waals surface area contributed by atoms with Gasteiger partial charge in [-0.2, -0.15) is 0 Å². The summed E-state index contributed by atoms with van der Waals surface area (Å²) < 4.78 is 18.2. The number of halogens is 1. The Hall–Kier alpha value is -1.38. The van der Waals surface area contributed by atoms with Gasteiger partial charge in [0.2, 0.25) is 0 Å². The molecule has 1 aromatic carbocycles. The molecule has 0 amide bonds. The van der Waals surface area contributed by atoms with Crippen molar-refractivity contribution in [1.82, 2.24) is 0 Å². The molecule has 88 valence electrons. The number of rotatable bonds is 5. The lowest BCUT2D eigenvalue weighted by Gasteiger charge is -2.10. The molecular formula is C13H17FO2. The summed E-state index contributed by atoms with van der Waals surface area (Å²) in [7, 11) is 1.43. The van der Waals surface area contributed by atoms with Crippen molar-refractivity contribution in [2.75, 3.05) is 7.11 Å². The lowest BCUT2D eigenvalue weighted by atomic mass is 9.96. The molecule has 16 heavy (non-hydrogen) atoms. The Balaban J connectivity index is 2.75. The van der Waals surface area contributed by atoms with Crippen molar-refractivity contribution in [3.63, 3.8) is 0 Å². The van der Waals surface area contributed by atoms with Gasteiger partial charge in [-0.15, -0.1) is 0 Å². The highest BCUT2D eigenvalue weighted by atomic mass is 19.1. The number of hydrogen-bond donors (Lipinski definition) is 0. The third-order valence-electron chi connectivity index (χ3n) is 2.66. The van der Waals surface area contributed by atoms with E-state index in [1.807, 2.05) is 13.8 Å². The molecule has 1 unspecified atom stereocenters. The van der Waals surface area contributed by atoms with Gasteiger partial charge < -0.3 is 4.74 Å². The average molecular weight is 224 g/mol. The summed E-state index contributed by atoms with van der Waals surface area (Å²) in [4.78, 5) is 11.4. The van der Waals surface area contributed by atoms with Crippen LogP contribution in [0.15, 0.2) is 18.2 Å². The van der Waals surface area contributed by atoms with Gasteiger partial charge in [-0.3, -0.25) is 4.79 Å². The molecule has 0 saturated carbocycles. The topological polar surface area (TPSA) is 26.3 Å². The highest BCUT2D eigenvalue weighted by Gasteiger charge is 2.12. The van der Waals surface area contributed by atoms with E-state index >= 15 is 0 Å². The molecule has 0 heterocycles. The molecule has 1 atom stereocenters. The lowest BCUT2D eigenvalue weighted by molar-refractivity contribution is -0.122. The number of methoxy groups -OCH3 is 1. The Labute approximate surface area is 95.4 Å². The lowest BCUT2D eigenvalue weighted by Crippen LogP contribution is -2.12. The fourth-order valence-corrected chi connectivity index (χ4v) is 1.65. The fraction of sp³-hybridized carbons (Fsp3) is 0.462. The van der Waals surface area contributed by atoms with Gasteiger partial charge in [0, 0.05) is 12.3 Å². The van der Waals surface area contributed by atoms with E-state index in [9.17, 15) is 9.18 Å². The number of Topliss-reactive ketones (excluding diaryl/α,β-unsaturated/α-hetero) is 1. The van der Waals surface area contributed by atoms with Crippen LogP contribution in [-0.2, 0) is 11.2 Å². The second-order valence-corrected chi connectivity index (χ2v) is 3.89. The Morgan fingerprint density at radius 3 is 2.69 bits per heavy atom. The molecule has 0 aliphatic carbocycles. The zero-order chi connectivity index (χ0) is 12.1. The number of benzene rings is 1. The Bertz CT molecular complexity index is 374. The number of carbonyl (C=O) groups is 1. The minimum atomic E-state index is -0.379. The van der Waals surface area contributed by atoms with Crippen LogP contribution in [0, 0.1) is 11.7 Å². The number of carbonyl (C=O) groups excluding carboxylic acids is 1. The maximum absolute atomic E-state index is 13.4. The van der Waals surface area contributed by atoms with Crippen LogP contribution in [0.25, 0.3) is 0 Å². The maximum Gasteiger partial charge on any atom is 0.165 e. The van der Waals surface area contributed by atoms with E-state index in [1.54, 1.807) is 12.1 Å². The molecule has 2 nitrogen and oxygen atoms in total. The SMILES string of the molecule is CCC(=O)C(C)Cc1ccc(OC)c(F)c1. The number of ether oxygens (including phenoxy) is 1. The van der Waals surface area contributed by atoms with Crippen molar-refractivity contribution in [3.8, 4) is 5.75 Å². The fourth-order valence-electron chi connectivity index (χ4n) is 1.65. The zero-order valence-electron chi connectivity index (χ0n) is 9.92. The van der Waals surface area contributed by atoms with E-state index in [2.05, 4.69) is 0 Å². The maximum atomic E-state index is 13.4. The summed E-state index contributed by atoms with van der Waals surface area (Å²) in [5.41, 5.74) is 0.826. The molecule has 0 bridgehead atoms. The van der Waals surface area contributed by atoms with Crippen molar-refractivity contribution in [1.29, 1.82) is 0 Å². The zero-order valence-corrected chi connectivity index (χ0v) is 9.92. The van der Waals surface area contributed by atoms with Crippen LogP contribution in [0.3, 0.4) is 0 Å². The molecule has 0 fully saturated rings. The molecule has 0 spiro atoms. The van der Waals surface area contributed by atoms with Gasteiger partial charge in [-0.05, 0) is 24.1 Å². The van der Waals surface area contributed by atoms with Crippen molar-refractivity contribution in [3.05, 3.63) is 29.6 Å². The Morgan fingerprint density at radius 2 is 2.19 bits per heavy atom. The van der Waals surface area contributed by atoms with E-state index in [1.165, 1.54) is 13.2 Å². The first-order valence-electron chi connectivity index (χ1n) is 5.43. The minimum absolute atomic E-state index is 0.0576. The van der Waals surface area contributed by atoms with Gasteiger partial charge in [0.15, 0.2) is 11.6 Å². The molecule has 3 heteroatoms. The van der Waals surface area contributed by atoms with Gasteiger partial charge in [0.1, 0.15) is 5.78 Å². The van der Waals surface area contributed by atoms with Crippen LogP contribution in [0.1, 0.15) is 25.8 Å². The third-order valence-corrected chi connectivity index (χ3v) is 2.66. The molecule has 1 aromatic rings. The van der Waals surface area contributed by atoms with E-state index in [0.29, 0.717) is 12.8 Å². The molecule has 0 saturated heterocycles. The van der Waals surface area contributed by atoms with Crippen molar-refractivity contribution in [2.45, 2.75) is 26.7 Å². The molecule has 0 radical (unpaired) electrons. The van der Waals surface area contributed by atoms with Crippen LogP contribution in [-0.4, -0.2) is 12.9 Å². The monoisotopic (exact) mass is 224 g/mol. The van der Waals surface area contributed by atoms with E-state index < -0.39 is 0 Å². The van der Waals surface area contributed by atoms with Crippen molar-refractivity contribution < 1.29 is 13.9 Å². The highest BCUT2D eigenvalue weighted by Crippen LogP contribution is 2.20. The van der Waals surface area contributed by atoms with Gasteiger partial charge in [-0.1, -0.05) is 19.9 Å². The molecular weight excluding hydrogens is 207 g/mol.